The molecular formula is C15H24N2O2. The zero-order valence-corrected chi connectivity index (χ0v) is 12.0. The maximum atomic E-state index is 11.4. The van der Waals surface area contributed by atoms with Gasteiger partial charge < -0.3 is 15.8 Å². The lowest BCUT2D eigenvalue weighted by molar-refractivity contribution is 0.0765. The smallest absolute Gasteiger partial charge is 0.161 e. The van der Waals surface area contributed by atoms with Gasteiger partial charge in [-0.25, -0.2) is 0 Å². The first-order valence-electron chi connectivity index (χ1n) is 6.76. The van der Waals surface area contributed by atoms with E-state index in [1.165, 1.54) is 6.92 Å². The zero-order valence-electron chi connectivity index (χ0n) is 12.0. The summed E-state index contributed by atoms with van der Waals surface area (Å²) in [6.45, 7) is 7.26. The lowest BCUT2D eigenvalue weighted by Gasteiger charge is -2.10. The third-order valence-corrected chi connectivity index (χ3v) is 2.78. The number of carbonyl (C=O) groups excluding carboxylic acids is 1. The van der Waals surface area contributed by atoms with Gasteiger partial charge in [-0.05, 0) is 51.8 Å². The first kappa shape index (κ1) is 15.5. The van der Waals surface area contributed by atoms with Gasteiger partial charge in [0.1, 0.15) is 0 Å². The van der Waals surface area contributed by atoms with Gasteiger partial charge in [0.15, 0.2) is 5.78 Å². The van der Waals surface area contributed by atoms with E-state index < -0.39 is 0 Å². The predicted molar refractivity (Wildman–Crippen MR) is 79.7 cm³/mol. The molecule has 1 rings (SSSR count). The van der Waals surface area contributed by atoms with Crippen molar-refractivity contribution < 1.29 is 9.53 Å². The van der Waals surface area contributed by atoms with Crippen molar-refractivity contribution in [2.24, 2.45) is 0 Å². The fourth-order valence-electron chi connectivity index (χ4n) is 1.75. The number of anilines is 2. The summed E-state index contributed by atoms with van der Waals surface area (Å²) in [7, 11) is 0. The van der Waals surface area contributed by atoms with Crippen LogP contribution in [0, 0.1) is 0 Å². The van der Waals surface area contributed by atoms with Crippen LogP contribution in [0.25, 0.3) is 0 Å². The third-order valence-electron chi connectivity index (χ3n) is 2.78. The number of benzene rings is 1. The van der Waals surface area contributed by atoms with Crippen LogP contribution in [0.4, 0.5) is 11.4 Å². The van der Waals surface area contributed by atoms with E-state index in [0.717, 1.165) is 31.7 Å². The highest BCUT2D eigenvalue weighted by Gasteiger charge is 2.05. The Morgan fingerprint density at radius 2 is 2.11 bits per heavy atom. The molecule has 3 N–H and O–H groups in total. The molecule has 0 aliphatic heterocycles. The molecule has 0 spiro atoms. The van der Waals surface area contributed by atoms with Crippen molar-refractivity contribution in [2.45, 2.75) is 39.7 Å². The molecule has 4 heteroatoms. The molecular weight excluding hydrogens is 240 g/mol. The van der Waals surface area contributed by atoms with Gasteiger partial charge in [-0.15, -0.1) is 0 Å². The standard InChI is InChI=1S/C15H24N2O2/c1-11(2)19-9-5-4-8-17-13-6-7-15(16)14(10-13)12(3)18/h6-7,10-11,17H,4-5,8-9,16H2,1-3H3. The van der Waals surface area contributed by atoms with E-state index in [2.05, 4.69) is 5.32 Å². The summed E-state index contributed by atoms with van der Waals surface area (Å²) < 4.78 is 5.47. The fourth-order valence-corrected chi connectivity index (χ4v) is 1.75. The molecule has 0 aromatic heterocycles. The second-order valence-corrected chi connectivity index (χ2v) is 4.91. The average molecular weight is 264 g/mol. The van der Waals surface area contributed by atoms with Crippen LogP contribution in [0.3, 0.4) is 0 Å². The van der Waals surface area contributed by atoms with Gasteiger partial charge in [-0.1, -0.05) is 0 Å². The van der Waals surface area contributed by atoms with Gasteiger partial charge in [0.25, 0.3) is 0 Å². The van der Waals surface area contributed by atoms with Crippen LogP contribution in [0.5, 0.6) is 0 Å². The summed E-state index contributed by atoms with van der Waals surface area (Å²) in [4.78, 5) is 11.4. The van der Waals surface area contributed by atoms with Gasteiger partial charge in [0.2, 0.25) is 0 Å². The maximum absolute atomic E-state index is 11.4. The number of hydrogen-bond acceptors (Lipinski definition) is 4. The van der Waals surface area contributed by atoms with E-state index >= 15 is 0 Å². The highest BCUT2D eigenvalue weighted by molar-refractivity contribution is 5.99. The highest BCUT2D eigenvalue weighted by atomic mass is 16.5. The summed E-state index contributed by atoms with van der Waals surface area (Å²) in [5.74, 6) is -0.00789. The summed E-state index contributed by atoms with van der Waals surface area (Å²) in [6.07, 6.45) is 2.36. The number of hydrogen-bond donors (Lipinski definition) is 2. The minimum atomic E-state index is -0.00789. The molecule has 4 nitrogen and oxygen atoms in total. The number of nitrogens with two attached hydrogens (primary N) is 1. The normalized spacial score (nSPS) is 10.7. The van der Waals surface area contributed by atoms with Crippen molar-refractivity contribution in [1.82, 2.24) is 0 Å². The Bertz CT molecular complexity index is 417. The second kappa shape index (κ2) is 7.79. The number of unbranched alkanes of at least 4 members (excludes halogenated alkanes) is 1. The molecule has 0 radical (unpaired) electrons. The summed E-state index contributed by atoms with van der Waals surface area (Å²) in [5.41, 5.74) is 7.79. The molecule has 0 atom stereocenters. The SMILES string of the molecule is CC(=O)c1cc(NCCCCOC(C)C)ccc1N. The molecule has 19 heavy (non-hydrogen) atoms. The Labute approximate surface area is 115 Å². The molecule has 0 unspecified atom stereocenters. The molecule has 0 fully saturated rings. The van der Waals surface area contributed by atoms with Crippen molar-refractivity contribution in [3.05, 3.63) is 23.8 Å². The van der Waals surface area contributed by atoms with Crippen molar-refractivity contribution in [2.75, 3.05) is 24.2 Å². The minimum absolute atomic E-state index is 0.00789. The van der Waals surface area contributed by atoms with Gasteiger partial charge in [-0.2, -0.15) is 0 Å². The number of nitrogen functional groups attached to an aromatic ring is 1. The van der Waals surface area contributed by atoms with Crippen LogP contribution in [-0.2, 0) is 4.74 Å². The van der Waals surface area contributed by atoms with Crippen LogP contribution < -0.4 is 11.1 Å². The zero-order chi connectivity index (χ0) is 14.3. The first-order valence-corrected chi connectivity index (χ1v) is 6.76. The molecule has 106 valence electrons. The molecule has 0 bridgehead atoms. The molecule has 0 heterocycles. The Morgan fingerprint density at radius 1 is 1.37 bits per heavy atom. The Morgan fingerprint density at radius 3 is 2.74 bits per heavy atom. The van der Waals surface area contributed by atoms with Crippen LogP contribution in [0.2, 0.25) is 0 Å². The van der Waals surface area contributed by atoms with Gasteiger partial charge in [-0.3, -0.25) is 4.79 Å². The molecule has 1 aromatic carbocycles. The van der Waals surface area contributed by atoms with Crippen molar-refractivity contribution in [3.63, 3.8) is 0 Å². The molecule has 1 aromatic rings. The number of ketones is 1. The van der Waals surface area contributed by atoms with Crippen LogP contribution in [-0.4, -0.2) is 25.0 Å². The van der Waals surface area contributed by atoms with Gasteiger partial charge in [0.05, 0.1) is 6.10 Å². The van der Waals surface area contributed by atoms with Crippen LogP contribution in [0.1, 0.15) is 44.0 Å². The Hall–Kier alpha value is -1.55. The second-order valence-electron chi connectivity index (χ2n) is 4.91. The Balaban J connectivity index is 2.34. The largest absolute Gasteiger partial charge is 0.398 e. The number of ether oxygens (including phenoxy) is 1. The van der Waals surface area contributed by atoms with Gasteiger partial charge in [0, 0.05) is 30.1 Å². The van der Waals surface area contributed by atoms with Gasteiger partial charge >= 0.3 is 0 Å². The lowest BCUT2D eigenvalue weighted by Crippen LogP contribution is -2.08. The number of nitrogens with one attached hydrogen (secondary N) is 1. The van der Waals surface area contributed by atoms with Crippen molar-refractivity contribution in [3.8, 4) is 0 Å². The molecule has 0 saturated heterocycles. The van der Waals surface area contributed by atoms with E-state index in [-0.39, 0.29) is 5.78 Å². The van der Waals surface area contributed by atoms with Crippen LogP contribution in [0.15, 0.2) is 18.2 Å². The minimum Gasteiger partial charge on any atom is -0.398 e. The summed E-state index contributed by atoms with van der Waals surface area (Å²) in [5, 5.41) is 3.29. The number of rotatable bonds is 8. The Kier molecular flexibility index (Phi) is 6.36. The fraction of sp³-hybridized carbons (Fsp3) is 0.533. The summed E-state index contributed by atoms with van der Waals surface area (Å²) in [6, 6.07) is 5.47. The lowest BCUT2D eigenvalue weighted by atomic mass is 10.1. The predicted octanol–water partition coefficient (Wildman–Crippen LogP) is 3.09. The number of carbonyl (C=O) groups is 1. The number of Topliss-reactive ketones (excluding diaryl/α,β-unsaturated/α-hetero) is 1. The quantitative estimate of drug-likeness (QED) is 0.430. The van der Waals surface area contributed by atoms with E-state index in [4.69, 9.17) is 10.5 Å². The molecule has 0 aliphatic carbocycles. The van der Waals surface area contributed by atoms with Crippen molar-refractivity contribution >= 4 is 17.2 Å². The average Bonchev–Trinajstić information content (AvgIpc) is 2.34. The molecule has 0 amide bonds. The summed E-state index contributed by atoms with van der Waals surface area (Å²) >= 11 is 0. The van der Waals surface area contributed by atoms with E-state index in [0.29, 0.717) is 17.4 Å². The monoisotopic (exact) mass is 264 g/mol. The topological polar surface area (TPSA) is 64.3 Å². The first-order chi connectivity index (χ1) is 9.00. The highest BCUT2D eigenvalue weighted by Crippen LogP contribution is 2.18. The molecule has 0 aliphatic rings. The van der Waals surface area contributed by atoms with E-state index in [1.807, 2.05) is 26.0 Å². The maximum Gasteiger partial charge on any atom is 0.161 e. The van der Waals surface area contributed by atoms with Crippen LogP contribution >= 0.6 is 0 Å². The van der Waals surface area contributed by atoms with E-state index in [1.54, 1.807) is 6.07 Å². The van der Waals surface area contributed by atoms with E-state index in [9.17, 15) is 4.79 Å². The third kappa shape index (κ3) is 5.75. The molecule has 0 saturated carbocycles. The van der Waals surface area contributed by atoms with Crippen molar-refractivity contribution in [1.29, 1.82) is 0 Å².